The predicted octanol–water partition coefficient (Wildman–Crippen LogP) is 1.44. The Balaban J connectivity index is 2.49. The highest BCUT2D eigenvalue weighted by Gasteiger charge is 2.28. The van der Waals surface area contributed by atoms with E-state index >= 15 is 0 Å². The van der Waals surface area contributed by atoms with Crippen LogP contribution in [0.3, 0.4) is 0 Å². The average molecular weight is 205 g/mol. The molecule has 1 aliphatic heterocycles. The summed E-state index contributed by atoms with van der Waals surface area (Å²) in [5, 5.41) is 3.14. The minimum Gasteiger partial charge on any atom is -0.399 e. The number of likely N-dealkylation sites (N-methyl/N-ethyl adjacent to an activating group) is 1. The Morgan fingerprint density at radius 2 is 2.27 bits per heavy atom. The molecule has 0 saturated heterocycles. The van der Waals surface area contributed by atoms with Crippen molar-refractivity contribution in [1.29, 1.82) is 0 Å². The summed E-state index contributed by atoms with van der Waals surface area (Å²) < 4.78 is 0. The van der Waals surface area contributed by atoms with Crippen LogP contribution in [-0.2, 0) is 4.79 Å². The van der Waals surface area contributed by atoms with Crippen LogP contribution in [0.2, 0.25) is 0 Å². The second kappa shape index (κ2) is 3.46. The lowest BCUT2D eigenvalue weighted by molar-refractivity contribution is -0.119. The molecule has 80 valence electrons. The summed E-state index contributed by atoms with van der Waals surface area (Å²) in [6.45, 7) is 4.51. The molecule has 1 heterocycles. The molecular formula is C11H15N3O. The van der Waals surface area contributed by atoms with Crippen LogP contribution in [0.25, 0.3) is 0 Å². The fraction of sp³-hybridized carbons (Fsp3) is 0.364. The van der Waals surface area contributed by atoms with Crippen molar-refractivity contribution < 1.29 is 4.79 Å². The molecule has 0 fully saturated rings. The summed E-state index contributed by atoms with van der Waals surface area (Å²) in [6.07, 6.45) is 0. The number of nitrogen functional groups attached to an aromatic ring is 1. The van der Waals surface area contributed by atoms with Gasteiger partial charge in [-0.3, -0.25) is 4.79 Å². The van der Waals surface area contributed by atoms with Gasteiger partial charge in [-0.25, -0.2) is 0 Å². The third-order valence-corrected chi connectivity index (χ3v) is 2.64. The van der Waals surface area contributed by atoms with Gasteiger partial charge in [-0.15, -0.1) is 0 Å². The molecule has 4 nitrogen and oxygen atoms in total. The Bertz CT molecular complexity index is 403. The SMILES string of the molecule is CCN1C(=O)C(C)Nc2cc(N)ccc21. The minimum absolute atomic E-state index is 0.106. The maximum absolute atomic E-state index is 11.8. The topological polar surface area (TPSA) is 58.4 Å². The van der Waals surface area contributed by atoms with Crippen LogP contribution in [-0.4, -0.2) is 18.5 Å². The number of nitrogens with two attached hydrogens (primary N) is 1. The molecule has 1 aliphatic rings. The van der Waals surface area contributed by atoms with E-state index in [1.54, 1.807) is 4.90 Å². The lowest BCUT2D eigenvalue weighted by Gasteiger charge is -2.33. The second-order valence-electron chi connectivity index (χ2n) is 3.73. The Hall–Kier alpha value is -1.71. The smallest absolute Gasteiger partial charge is 0.249 e. The zero-order chi connectivity index (χ0) is 11.0. The summed E-state index contributed by atoms with van der Waals surface area (Å²) in [7, 11) is 0. The third kappa shape index (κ3) is 1.52. The van der Waals surface area contributed by atoms with Gasteiger partial charge < -0.3 is 16.0 Å². The number of nitrogens with one attached hydrogen (secondary N) is 1. The lowest BCUT2D eigenvalue weighted by atomic mass is 10.1. The zero-order valence-electron chi connectivity index (χ0n) is 8.95. The molecule has 1 atom stereocenters. The van der Waals surface area contributed by atoms with Crippen molar-refractivity contribution in [2.24, 2.45) is 0 Å². The molecule has 2 rings (SSSR count). The maximum Gasteiger partial charge on any atom is 0.249 e. The summed E-state index contributed by atoms with van der Waals surface area (Å²) >= 11 is 0. The van der Waals surface area contributed by atoms with Crippen LogP contribution in [0.15, 0.2) is 18.2 Å². The number of benzene rings is 1. The van der Waals surface area contributed by atoms with E-state index in [1.165, 1.54) is 0 Å². The lowest BCUT2D eigenvalue weighted by Crippen LogP contribution is -2.45. The van der Waals surface area contributed by atoms with Crippen molar-refractivity contribution in [3.63, 3.8) is 0 Å². The van der Waals surface area contributed by atoms with E-state index in [0.717, 1.165) is 11.4 Å². The molecule has 0 saturated carbocycles. The largest absolute Gasteiger partial charge is 0.399 e. The van der Waals surface area contributed by atoms with Crippen molar-refractivity contribution >= 4 is 23.0 Å². The molecule has 4 heteroatoms. The van der Waals surface area contributed by atoms with Crippen LogP contribution in [0.1, 0.15) is 13.8 Å². The minimum atomic E-state index is -0.181. The van der Waals surface area contributed by atoms with Gasteiger partial charge in [-0.1, -0.05) is 0 Å². The van der Waals surface area contributed by atoms with Crippen molar-refractivity contribution in [3.05, 3.63) is 18.2 Å². The van der Waals surface area contributed by atoms with Crippen LogP contribution >= 0.6 is 0 Å². The molecule has 0 radical (unpaired) electrons. The highest BCUT2D eigenvalue weighted by atomic mass is 16.2. The number of fused-ring (bicyclic) bond motifs is 1. The summed E-state index contributed by atoms with van der Waals surface area (Å²) in [4.78, 5) is 13.6. The van der Waals surface area contributed by atoms with Gasteiger partial charge in [0.05, 0.1) is 11.4 Å². The fourth-order valence-electron chi connectivity index (χ4n) is 1.88. The zero-order valence-corrected chi connectivity index (χ0v) is 8.95. The van der Waals surface area contributed by atoms with Gasteiger partial charge in [-0.05, 0) is 32.0 Å². The van der Waals surface area contributed by atoms with Crippen molar-refractivity contribution in [2.45, 2.75) is 19.9 Å². The third-order valence-electron chi connectivity index (χ3n) is 2.64. The van der Waals surface area contributed by atoms with E-state index in [-0.39, 0.29) is 11.9 Å². The molecule has 1 aromatic rings. The van der Waals surface area contributed by atoms with Gasteiger partial charge in [0.25, 0.3) is 0 Å². The Morgan fingerprint density at radius 3 is 2.93 bits per heavy atom. The second-order valence-corrected chi connectivity index (χ2v) is 3.73. The number of carbonyl (C=O) groups is 1. The van der Waals surface area contributed by atoms with Gasteiger partial charge in [0.15, 0.2) is 0 Å². The van der Waals surface area contributed by atoms with Crippen LogP contribution in [0.4, 0.5) is 17.1 Å². The van der Waals surface area contributed by atoms with Crippen molar-refractivity contribution in [2.75, 3.05) is 22.5 Å². The standard InChI is InChI=1S/C11H15N3O/c1-3-14-10-5-4-8(12)6-9(10)13-7(2)11(14)15/h4-7,13H,3,12H2,1-2H3. The van der Waals surface area contributed by atoms with E-state index in [4.69, 9.17) is 5.73 Å². The molecule has 1 unspecified atom stereocenters. The van der Waals surface area contributed by atoms with E-state index in [1.807, 2.05) is 32.0 Å². The first-order valence-electron chi connectivity index (χ1n) is 5.11. The number of carbonyl (C=O) groups excluding carboxylic acids is 1. The van der Waals surface area contributed by atoms with Crippen LogP contribution < -0.4 is 16.0 Å². The van der Waals surface area contributed by atoms with E-state index < -0.39 is 0 Å². The van der Waals surface area contributed by atoms with Gasteiger partial charge in [0.2, 0.25) is 5.91 Å². The van der Waals surface area contributed by atoms with Crippen LogP contribution in [0.5, 0.6) is 0 Å². The van der Waals surface area contributed by atoms with Gasteiger partial charge >= 0.3 is 0 Å². The first-order valence-corrected chi connectivity index (χ1v) is 5.11. The van der Waals surface area contributed by atoms with Gasteiger partial charge in [-0.2, -0.15) is 0 Å². The van der Waals surface area contributed by atoms with Gasteiger partial charge in [0.1, 0.15) is 6.04 Å². The van der Waals surface area contributed by atoms with Crippen LogP contribution in [0, 0.1) is 0 Å². The number of nitrogens with zero attached hydrogens (tertiary/aromatic N) is 1. The fourth-order valence-corrected chi connectivity index (χ4v) is 1.88. The number of hydrogen-bond donors (Lipinski definition) is 2. The van der Waals surface area contributed by atoms with E-state index in [2.05, 4.69) is 5.32 Å². The summed E-state index contributed by atoms with van der Waals surface area (Å²) in [6, 6.07) is 5.37. The molecule has 0 spiro atoms. The summed E-state index contributed by atoms with van der Waals surface area (Å²) in [5.74, 6) is 0.106. The average Bonchev–Trinajstić information content (AvgIpc) is 2.20. The monoisotopic (exact) mass is 205 g/mol. The van der Waals surface area contributed by atoms with Crippen molar-refractivity contribution in [3.8, 4) is 0 Å². The molecule has 0 aromatic heterocycles. The molecule has 0 aliphatic carbocycles. The number of rotatable bonds is 1. The number of amides is 1. The first kappa shape index (κ1) is 9.83. The van der Waals surface area contributed by atoms with Gasteiger partial charge in [0, 0.05) is 12.2 Å². The quantitative estimate of drug-likeness (QED) is 0.682. The number of hydrogen-bond acceptors (Lipinski definition) is 3. The molecule has 3 N–H and O–H groups in total. The normalized spacial score (nSPS) is 19.7. The highest BCUT2D eigenvalue weighted by molar-refractivity contribution is 6.05. The number of anilines is 3. The molecule has 0 bridgehead atoms. The Labute approximate surface area is 89.1 Å². The highest BCUT2D eigenvalue weighted by Crippen LogP contribution is 2.32. The molecule has 1 amide bonds. The van der Waals surface area contributed by atoms with Crippen molar-refractivity contribution in [1.82, 2.24) is 0 Å². The predicted molar refractivity (Wildman–Crippen MR) is 62.0 cm³/mol. The maximum atomic E-state index is 11.8. The van der Waals surface area contributed by atoms with E-state index in [0.29, 0.717) is 12.2 Å². The molecular weight excluding hydrogens is 190 g/mol. The first-order chi connectivity index (χ1) is 7.13. The van der Waals surface area contributed by atoms with E-state index in [9.17, 15) is 4.79 Å². The Morgan fingerprint density at radius 1 is 1.53 bits per heavy atom. The Kier molecular flexibility index (Phi) is 2.26. The molecule has 15 heavy (non-hydrogen) atoms. The summed E-state index contributed by atoms with van der Waals surface area (Å²) in [5.41, 5.74) is 8.26. The molecule has 1 aromatic carbocycles.